The standard InChI is InChI=1S/C30H25IN2O3/c1-3-35-28-18-21(16-26-20(2)32-33(30(26)34)24-13-5-4-6-14-24)17-27(31)29(28)36-19-23-12-9-11-22-10-7-8-15-25(22)23/h4-18H,3,19H2,1-2H3/b26-16+. The highest BCUT2D eigenvalue weighted by Gasteiger charge is 2.28. The molecule has 180 valence electrons. The van der Waals surface area contributed by atoms with E-state index in [9.17, 15) is 4.79 Å². The summed E-state index contributed by atoms with van der Waals surface area (Å²) >= 11 is 2.26. The summed E-state index contributed by atoms with van der Waals surface area (Å²) in [4.78, 5) is 13.1. The average Bonchev–Trinajstić information content (AvgIpc) is 3.17. The van der Waals surface area contributed by atoms with Gasteiger partial charge in [-0.2, -0.15) is 10.1 Å². The van der Waals surface area contributed by atoms with Crippen LogP contribution in [0.5, 0.6) is 11.5 Å². The molecule has 1 amide bonds. The third-order valence-electron chi connectivity index (χ3n) is 5.96. The molecule has 0 bridgehead atoms. The zero-order chi connectivity index (χ0) is 25.1. The summed E-state index contributed by atoms with van der Waals surface area (Å²) in [6.07, 6.45) is 1.86. The first-order valence-electron chi connectivity index (χ1n) is 11.8. The van der Waals surface area contributed by atoms with Gasteiger partial charge in [-0.05, 0) is 88.7 Å². The lowest BCUT2D eigenvalue weighted by atomic mass is 10.1. The number of halogens is 1. The van der Waals surface area contributed by atoms with Crippen molar-refractivity contribution in [2.75, 3.05) is 11.6 Å². The van der Waals surface area contributed by atoms with Gasteiger partial charge >= 0.3 is 0 Å². The molecule has 1 aliphatic heterocycles. The van der Waals surface area contributed by atoms with Gasteiger partial charge < -0.3 is 9.47 Å². The minimum Gasteiger partial charge on any atom is -0.490 e. The lowest BCUT2D eigenvalue weighted by molar-refractivity contribution is -0.114. The Morgan fingerprint density at radius 3 is 2.50 bits per heavy atom. The number of rotatable bonds is 7. The SMILES string of the molecule is CCOc1cc(/C=C2/C(=O)N(c3ccccc3)N=C2C)cc(I)c1OCc1cccc2ccccc12. The maximum atomic E-state index is 13.1. The highest BCUT2D eigenvalue weighted by molar-refractivity contribution is 14.1. The van der Waals surface area contributed by atoms with Crippen LogP contribution in [0.1, 0.15) is 25.0 Å². The maximum Gasteiger partial charge on any atom is 0.280 e. The lowest BCUT2D eigenvalue weighted by Gasteiger charge is -2.16. The summed E-state index contributed by atoms with van der Waals surface area (Å²) < 4.78 is 13.2. The van der Waals surface area contributed by atoms with Gasteiger partial charge in [0.1, 0.15) is 6.61 Å². The number of hydrogen-bond acceptors (Lipinski definition) is 4. The van der Waals surface area contributed by atoms with Gasteiger partial charge in [-0.3, -0.25) is 4.79 Å². The quantitative estimate of drug-likeness (QED) is 0.169. The number of nitrogens with zero attached hydrogens (tertiary/aromatic N) is 2. The Kier molecular flexibility index (Phi) is 7.04. The van der Waals surface area contributed by atoms with Gasteiger partial charge in [0.15, 0.2) is 11.5 Å². The fourth-order valence-corrected chi connectivity index (χ4v) is 5.02. The molecule has 6 heteroatoms. The van der Waals surface area contributed by atoms with Gasteiger partial charge in [0, 0.05) is 0 Å². The number of fused-ring (bicyclic) bond motifs is 1. The number of para-hydroxylation sites is 1. The second-order valence-corrected chi connectivity index (χ2v) is 9.55. The van der Waals surface area contributed by atoms with Crippen LogP contribution in [0, 0.1) is 3.57 Å². The topological polar surface area (TPSA) is 51.1 Å². The molecule has 4 aromatic carbocycles. The van der Waals surface area contributed by atoms with Crippen LogP contribution in [0.25, 0.3) is 16.8 Å². The van der Waals surface area contributed by atoms with Crippen molar-refractivity contribution in [3.63, 3.8) is 0 Å². The molecule has 36 heavy (non-hydrogen) atoms. The number of amides is 1. The first-order valence-corrected chi connectivity index (χ1v) is 12.9. The summed E-state index contributed by atoms with van der Waals surface area (Å²) in [7, 11) is 0. The summed E-state index contributed by atoms with van der Waals surface area (Å²) in [6.45, 7) is 4.72. The number of hydrazone groups is 1. The predicted octanol–water partition coefficient (Wildman–Crippen LogP) is 7.23. The van der Waals surface area contributed by atoms with Crippen molar-refractivity contribution in [3.8, 4) is 11.5 Å². The molecule has 0 N–H and O–H groups in total. The predicted molar refractivity (Wildman–Crippen MR) is 154 cm³/mol. The minimum atomic E-state index is -0.150. The maximum absolute atomic E-state index is 13.1. The number of hydrogen-bond donors (Lipinski definition) is 0. The zero-order valence-electron chi connectivity index (χ0n) is 20.1. The van der Waals surface area contributed by atoms with Crippen LogP contribution < -0.4 is 14.5 Å². The van der Waals surface area contributed by atoms with Crippen LogP contribution >= 0.6 is 22.6 Å². The van der Waals surface area contributed by atoms with E-state index in [1.807, 2.05) is 80.6 Å². The number of carbonyl (C=O) groups excluding carboxylic acids is 1. The number of carbonyl (C=O) groups is 1. The molecule has 5 nitrogen and oxygen atoms in total. The molecule has 0 saturated carbocycles. The third-order valence-corrected chi connectivity index (χ3v) is 6.76. The molecule has 1 heterocycles. The van der Waals surface area contributed by atoms with Crippen molar-refractivity contribution in [1.82, 2.24) is 0 Å². The Morgan fingerprint density at radius 1 is 0.944 bits per heavy atom. The molecule has 5 rings (SSSR count). The summed E-state index contributed by atoms with van der Waals surface area (Å²) in [6, 6.07) is 27.9. The van der Waals surface area contributed by atoms with Crippen molar-refractivity contribution >= 4 is 56.7 Å². The molecular weight excluding hydrogens is 563 g/mol. The molecule has 0 aromatic heterocycles. The summed E-state index contributed by atoms with van der Waals surface area (Å²) in [5.41, 5.74) is 3.94. The molecule has 1 aliphatic rings. The van der Waals surface area contributed by atoms with E-state index < -0.39 is 0 Å². The van der Waals surface area contributed by atoms with Gasteiger partial charge in [-0.25, -0.2) is 0 Å². The molecule has 0 atom stereocenters. The molecule has 4 aromatic rings. The van der Waals surface area contributed by atoms with Gasteiger partial charge in [0.2, 0.25) is 0 Å². The molecule has 0 radical (unpaired) electrons. The number of anilines is 1. The number of benzene rings is 4. The largest absolute Gasteiger partial charge is 0.490 e. The minimum absolute atomic E-state index is 0.150. The summed E-state index contributed by atoms with van der Waals surface area (Å²) in [5, 5.41) is 8.28. The van der Waals surface area contributed by atoms with E-state index in [1.54, 1.807) is 0 Å². The van der Waals surface area contributed by atoms with Crippen LogP contribution in [-0.2, 0) is 11.4 Å². The van der Waals surface area contributed by atoms with Gasteiger partial charge in [-0.1, -0.05) is 60.7 Å². The Balaban J connectivity index is 1.43. The molecule has 0 unspecified atom stereocenters. The first-order chi connectivity index (χ1) is 17.5. The van der Waals surface area contributed by atoms with Crippen LogP contribution in [0.3, 0.4) is 0 Å². The first kappa shape index (κ1) is 24.1. The second-order valence-electron chi connectivity index (χ2n) is 8.39. The fourth-order valence-electron chi connectivity index (χ4n) is 4.24. The molecule has 0 spiro atoms. The van der Waals surface area contributed by atoms with Crippen LogP contribution in [-0.4, -0.2) is 18.2 Å². The van der Waals surface area contributed by atoms with E-state index in [1.165, 1.54) is 15.8 Å². The Bertz CT molecular complexity index is 1490. The highest BCUT2D eigenvalue weighted by atomic mass is 127. The Labute approximate surface area is 224 Å². The average molecular weight is 588 g/mol. The van der Waals surface area contributed by atoms with Crippen molar-refractivity contribution in [1.29, 1.82) is 0 Å². The van der Waals surface area contributed by atoms with Crippen molar-refractivity contribution in [2.24, 2.45) is 5.10 Å². The van der Waals surface area contributed by atoms with Gasteiger partial charge in [0.05, 0.1) is 27.1 Å². The normalized spacial score (nSPS) is 14.4. The Hall–Kier alpha value is -3.65. The van der Waals surface area contributed by atoms with E-state index in [-0.39, 0.29) is 5.91 Å². The van der Waals surface area contributed by atoms with Gasteiger partial charge in [-0.15, -0.1) is 0 Å². The highest BCUT2D eigenvalue weighted by Crippen LogP contribution is 2.36. The van der Waals surface area contributed by atoms with Crippen molar-refractivity contribution in [3.05, 3.63) is 105 Å². The van der Waals surface area contributed by atoms with Crippen LogP contribution in [0.2, 0.25) is 0 Å². The van der Waals surface area contributed by atoms with Crippen LogP contribution in [0.4, 0.5) is 5.69 Å². The van der Waals surface area contributed by atoms with Crippen molar-refractivity contribution < 1.29 is 14.3 Å². The molecule has 0 fully saturated rings. The second kappa shape index (κ2) is 10.5. The third kappa shape index (κ3) is 4.86. The van der Waals surface area contributed by atoms with E-state index in [0.29, 0.717) is 36.0 Å². The van der Waals surface area contributed by atoms with E-state index in [0.717, 1.165) is 20.4 Å². The van der Waals surface area contributed by atoms with Gasteiger partial charge in [0.25, 0.3) is 5.91 Å². The smallest absolute Gasteiger partial charge is 0.280 e. The molecule has 0 saturated heterocycles. The monoisotopic (exact) mass is 588 g/mol. The van der Waals surface area contributed by atoms with E-state index >= 15 is 0 Å². The number of ether oxygens (including phenoxy) is 2. The van der Waals surface area contributed by atoms with E-state index in [2.05, 4.69) is 52.0 Å². The zero-order valence-corrected chi connectivity index (χ0v) is 22.2. The lowest BCUT2D eigenvalue weighted by Crippen LogP contribution is -2.21. The Morgan fingerprint density at radius 2 is 1.69 bits per heavy atom. The summed E-state index contributed by atoms with van der Waals surface area (Å²) in [5.74, 6) is 1.20. The van der Waals surface area contributed by atoms with Crippen molar-refractivity contribution in [2.45, 2.75) is 20.5 Å². The van der Waals surface area contributed by atoms with E-state index in [4.69, 9.17) is 9.47 Å². The van der Waals surface area contributed by atoms with Crippen LogP contribution in [0.15, 0.2) is 95.6 Å². The molecule has 0 aliphatic carbocycles. The fraction of sp³-hybridized carbons (Fsp3) is 0.133. The molecular formula is C30H25IN2O3.